The summed E-state index contributed by atoms with van der Waals surface area (Å²) >= 11 is 3.49. The molecule has 3 nitrogen and oxygen atoms in total. The van der Waals surface area contributed by atoms with Crippen LogP contribution in [0.25, 0.3) is 0 Å². The first-order chi connectivity index (χ1) is 9.00. The van der Waals surface area contributed by atoms with Crippen molar-refractivity contribution < 1.29 is 4.79 Å². The smallest absolute Gasteiger partial charge is 0.255 e. The molecule has 0 aromatic heterocycles. The van der Waals surface area contributed by atoms with E-state index < -0.39 is 0 Å². The van der Waals surface area contributed by atoms with Crippen molar-refractivity contribution in [3.05, 3.63) is 33.8 Å². The average molecular weight is 325 g/mol. The third-order valence-electron chi connectivity index (χ3n) is 3.77. The quantitative estimate of drug-likeness (QED) is 0.908. The second-order valence-corrected chi connectivity index (χ2v) is 6.26. The summed E-state index contributed by atoms with van der Waals surface area (Å²) in [7, 11) is 0. The largest absolute Gasteiger partial charge is 0.334 e. The molecule has 0 spiro atoms. The maximum Gasteiger partial charge on any atom is 0.255 e. The number of benzene rings is 1. The lowest BCUT2D eigenvalue weighted by atomic mass is 9.96. The summed E-state index contributed by atoms with van der Waals surface area (Å²) in [6, 6.07) is 6.04. The van der Waals surface area contributed by atoms with Gasteiger partial charge in [0.1, 0.15) is 0 Å². The van der Waals surface area contributed by atoms with Crippen LogP contribution in [0, 0.1) is 6.92 Å². The van der Waals surface area contributed by atoms with E-state index in [0.717, 1.165) is 41.4 Å². The van der Waals surface area contributed by atoms with Gasteiger partial charge in [-0.15, -0.1) is 0 Å². The molecule has 4 heteroatoms. The van der Waals surface area contributed by atoms with Crippen LogP contribution in [-0.4, -0.2) is 29.4 Å². The summed E-state index contributed by atoms with van der Waals surface area (Å²) in [5.74, 6) is 0.0916. The Hall–Kier alpha value is -0.870. The zero-order valence-electron chi connectivity index (χ0n) is 11.5. The minimum absolute atomic E-state index is 0.0217. The standard InChI is InChI=1S/C15H21BrN2O/c1-10-6-7-12(13(16)9-10)15(19)18-8-4-3-5-14(18)11(2)17/h6-7,9,11,14H,3-5,8,17H2,1-2H3. The van der Waals surface area contributed by atoms with Crippen LogP contribution < -0.4 is 5.73 Å². The molecule has 1 aromatic carbocycles. The average Bonchev–Trinajstić information content (AvgIpc) is 2.38. The van der Waals surface area contributed by atoms with Gasteiger partial charge in [0.15, 0.2) is 0 Å². The molecule has 2 unspecified atom stereocenters. The molecule has 2 N–H and O–H groups in total. The van der Waals surface area contributed by atoms with E-state index in [1.807, 2.05) is 36.9 Å². The Kier molecular flexibility index (Phi) is 4.63. The number of hydrogen-bond acceptors (Lipinski definition) is 2. The van der Waals surface area contributed by atoms with Gasteiger partial charge in [0, 0.05) is 23.1 Å². The summed E-state index contributed by atoms with van der Waals surface area (Å²) in [5.41, 5.74) is 7.91. The Morgan fingerprint density at radius 3 is 2.84 bits per heavy atom. The Bertz CT molecular complexity index is 473. The van der Waals surface area contributed by atoms with Gasteiger partial charge in [0.05, 0.1) is 5.56 Å². The van der Waals surface area contributed by atoms with Gasteiger partial charge in [0.2, 0.25) is 0 Å². The van der Waals surface area contributed by atoms with E-state index in [0.29, 0.717) is 0 Å². The predicted molar refractivity (Wildman–Crippen MR) is 81.2 cm³/mol. The molecule has 0 aliphatic carbocycles. The number of nitrogens with zero attached hydrogens (tertiary/aromatic N) is 1. The molecule has 1 aliphatic rings. The molecule has 0 saturated carbocycles. The Morgan fingerprint density at radius 2 is 2.21 bits per heavy atom. The summed E-state index contributed by atoms with van der Waals surface area (Å²) in [5, 5.41) is 0. The first kappa shape index (κ1) is 14.5. The molecule has 0 radical (unpaired) electrons. The number of hydrogen-bond donors (Lipinski definition) is 1. The Labute approximate surface area is 123 Å². The minimum Gasteiger partial charge on any atom is -0.334 e. The van der Waals surface area contributed by atoms with E-state index in [9.17, 15) is 4.79 Å². The number of carbonyl (C=O) groups excluding carboxylic acids is 1. The van der Waals surface area contributed by atoms with Crippen molar-refractivity contribution in [2.24, 2.45) is 5.73 Å². The molecule has 1 aromatic rings. The summed E-state index contributed by atoms with van der Waals surface area (Å²) in [6.45, 7) is 4.82. The van der Waals surface area contributed by atoms with Gasteiger partial charge < -0.3 is 10.6 Å². The molecule has 1 aliphatic heterocycles. The molecular weight excluding hydrogens is 304 g/mol. The van der Waals surface area contributed by atoms with Crippen molar-refractivity contribution in [1.82, 2.24) is 4.90 Å². The molecule has 0 bridgehead atoms. The van der Waals surface area contributed by atoms with Gasteiger partial charge in [-0.05, 0) is 66.7 Å². The number of halogens is 1. The normalized spacial score (nSPS) is 21.3. The lowest BCUT2D eigenvalue weighted by Crippen LogP contribution is -2.51. The van der Waals surface area contributed by atoms with Crippen LogP contribution in [0.2, 0.25) is 0 Å². The van der Waals surface area contributed by atoms with Crippen molar-refractivity contribution in [3.63, 3.8) is 0 Å². The van der Waals surface area contributed by atoms with E-state index in [4.69, 9.17) is 5.73 Å². The molecule has 2 rings (SSSR count). The number of aryl methyl sites for hydroxylation is 1. The van der Waals surface area contributed by atoms with Crippen LogP contribution in [0.15, 0.2) is 22.7 Å². The van der Waals surface area contributed by atoms with Crippen molar-refractivity contribution in [3.8, 4) is 0 Å². The molecule has 1 amide bonds. The number of nitrogens with two attached hydrogens (primary N) is 1. The van der Waals surface area contributed by atoms with Crippen molar-refractivity contribution >= 4 is 21.8 Å². The van der Waals surface area contributed by atoms with E-state index in [-0.39, 0.29) is 18.0 Å². The van der Waals surface area contributed by atoms with Crippen LogP contribution in [0.4, 0.5) is 0 Å². The SMILES string of the molecule is Cc1ccc(C(=O)N2CCCCC2C(C)N)c(Br)c1. The van der Waals surface area contributed by atoms with E-state index in [1.54, 1.807) is 0 Å². The van der Waals surface area contributed by atoms with Gasteiger partial charge in [-0.2, -0.15) is 0 Å². The number of rotatable bonds is 2. The van der Waals surface area contributed by atoms with Gasteiger partial charge in [0.25, 0.3) is 5.91 Å². The molecule has 2 atom stereocenters. The summed E-state index contributed by atoms with van der Waals surface area (Å²) in [4.78, 5) is 14.6. The van der Waals surface area contributed by atoms with Gasteiger partial charge in [-0.1, -0.05) is 6.07 Å². The lowest BCUT2D eigenvalue weighted by Gasteiger charge is -2.38. The third-order valence-corrected chi connectivity index (χ3v) is 4.43. The monoisotopic (exact) mass is 324 g/mol. The zero-order chi connectivity index (χ0) is 14.0. The second-order valence-electron chi connectivity index (χ2n) is 5.40. The van der Waals surface area contributed by atoms with Gasteiger partial charge >= 0.3 is 0 Å². The summed E-state index contributed by atoms with van der Waals surface area (Å²) < 4.78 is 0.867. The van der Waals surface area contributed by atoms with Gasteiger partial charge in [-0.25, -0.2) is 0 Å². The second kappa shape index (κ2) is 6.06. The zero-order valence-corrected chi connectivity index (χ0v) is 13.1. The molecule has 104 valence electrons. The maximum absolute atomic E-state index is 12.7. The topological polar surface area (TPSA) is 46.3 Å². The molecular formula is C15H21BrN2O. The molecule has 1 saturated heterocycles. The minimum atomic E-state index is 0.0217. The molecule has 1 fully saturated rings. The van der Waals surface area contributed by atoms with Crippen LogP contribution in [0.5, 0.6) is 0 Å². The van der Waals surface area contributed by atoms with E-state index in [1.165, 1.54) is 0 Å². The highest BCUT2D eigenvalue weighted by molar-refractivity contribution is 9.10. The van der Waals surface area contributed by atoms with Crippen LogP contribution in [-0.2, 0) is 0 Å². The predicted octanol–water partition coefficient (Wildman–Crippen LogP) is 3.10. The fraction of sp³-hybridized carbons (Fsp3) is 0.533. The number of piperidine rings is 1. The fourth-order valence-corrected chi connectivity index (χ4v) is 3.37. The van der Waals surface area contributed by atoms with Crippen molar-refractivity contribution in [1.29, 1.82) is 0 Å². The highest BCUT2D eigenvalue weighted by atomic mass is 79.9. The van der Waals surface area contributed by atoms with Crippen LogP contribution in [0.1, 0.15) is 42.1 Å². The Morgan fingerprint density at radius 1 is 1.47 bits per heavy atom. The van der Waals surface area contributed by atoms with Crippen molar-refractivity contribution in [2.45, 2.75) is 45.2 Å². The fourth-order valence-electron chi connectivity index (χ4n) is 2.70. The van der Waals surface area contributed by atoms with E-state index in [2.05, 4.69) is 15.9 Å². The van der Waals surface area contributed by atoms with Gasteiger partial charge in [-0.3, -0.25) is 4.79 Å². The highest BCUT2D eigenvalue weighted by Gasteiger charge is 2.30. The first-order valence-electron chi connectivity index (χ1n) is 6.83. The number of carbonyl (C=O) groups is 1. The highest BCUT2D eigenvalue weighted by Crippen LogP contribution is 2.25. The molecule has 19 heavy (non-hydrogen) atoms. The van der Waals surface area contributed by atoms with E-state index >= 15 is 0 Å². The third kappa shape index (κ3) is 3.18. The lowest BCUT2D eigenvalue weighted by molar-refractivity contribution is 0.0583. The van der Waals surface area contributed by atoms with Crippen molar-refractivity contribution in [2.75, 3.05) is 6.54 Å². The molecule has 1 heterocycles. The maximum atomic E-state index is 12.7. The summed E-state index contributed by atoms with van der Waals surface area (Å²) in [6.07, 6.45) is 3.23. The number of amides is 1. The first-order valence-corrected chi connectivity index (χ1v) is 7.62. The number of likely N-dealkylation sites (tertiary alicyclic amines) is 1. The van der Waals surface area contributed by atoms with Crippen LogP contribution in [0.3, 0.4) is 0 Å². The van der Waals surface area contributed by atoms with Crippen LogP contribution >= 0.6 is 15.9 Å². The Balaban J connectivity index is 2.26.